The van der Waals surface area contributed by atoms with Crippen molar-refractivity contribution >= 4 is 50.6 Å². The molecule has 0 aliphatic heterocycles. The van der Waals surface area contributed by atoms with Gasteiger partial charge in [0.2, 0.25) is 0 Å². The van der Waals surface area contributed by atoms with Gasteiger partial charge in [0.1, 0.15) is 5.82 Å². The Morgan fingerprint density at radius 2 is 2.00 bits per heavy atom. The number of hydrogen-bond donors (Lipinski definition) is 1. The summed E-state index contributed by atoms with van der Waals surface area (Å²) < 4.78 is 0.722. The normalized spacial score (nSPS) is 10.1. The Morgan fingerprint density at radius 1 is 1.26 bits per heavy atom. The van der Waals surface area contributed by atoms with Crippen LogP contribution in [0.5, 0.6) is 0 Å². The molecule has 19 heavy (non-hydrogen) atoms. The fraction of sp³-hybridized carbons (Fsp3) is 0.0769. The molecule has 6 heteroatoms. The Balaban J connectivity index is 2.40. The monoisotopic (exact) mass is 355 g/mol. The van der Waals surface area contributed by atoms with E-state index in [4.69, 9.17) is 28.5 Å². The van der Waals surface area contributed by atoms with E-state index in [0.29, 0.717) is 27.1 Å². The molecule has 0 aliphatic rings. The highest BCUT2D eigenvalue weighted by Gasteiger charge is 2.09. The van der Waals surface area contributed by atoms with Gasteiger partial charge in [-0.05, 0) is 47.1 Å². The van der Waals surface area contributed by atoms with Crippen LogP contribution in [0.1, 0.15) is 11.3 Å². The number of pyridine rings is 1. The van der Waals surface area contributed by atoms with Crippen molar-refractivity contribution in [2.75, 3.05) is 5.32 Å². The Hall–Kier alpha value is -1.28. The average molecular weight is 357 g/mol. The maximum Gasteiger partial charge on any atom is 0.131 e. The quantitative estimate of drug-likeness (QED) is 0.763. The number of hydrogen-bond acceptors (Lipinski definition) is 3. The molecule has 0 saturated carbocycles. The van der Waals surface area contributed by atoms with Gasteiger partial charge in [0.15, 0.2) is 0 Å². The van der Waals surface area contributed by atoms with Crippen molar-refractivity contribution in [1.29, 1.82) is 5.26 Å². The van der Waals surface area contributed by atoms with Crippen LogP contribution in [0.2, 0.25) is 10.0 Å². The maximum absolute atomic E-state index is 8.93. The average Bonchev–Trinajstić information content (AvgIpc) is 2.39. The van der Waals surface area contributed by atoms with Crippen LogP contribution < -0.4 is 5.32 Å². The number of rotatable bonds is 2. The molecule has 0 amide bonds. The van der Waals surface area contributed by atoms with E-state index in [1.54, 1.807) is 24.3 Å². The molecule has 0 bridgehead atoms. The molecule has 0 saturated heterocycles. The fourth-order valence-corrected chi connectivity index (χ4v) is 2.38. The largest absolute Gasteiger partial charge is 0.339 e. The smallest absolute Gasteiger partial charge is 0.131 e. The van der Waals surface area contributed by atoms with Crippen LogP contribution in [-0.4, -0.2) is 4.98 Å². The van der Waals surface area contributed by atoms with E-state index in [1.165, 1.54) is 0 Å². The van der Waals surface area contributed by atoms with Crippen molar-refractivity contribution in [3.63, 3.8) is 0 Å². The standard InChI is InChI=1S/C13H8BrCl2N3/c1-7-4-8(6-17)5-11(18-7)19-10-3-2-9(14)12(15)13(10)16/h2-5H,1H3,(H,18,19). The Morgan fingerprint density at radius 3 is 2.68 bits per heavy atom. The molecule has 1 heterocycles. The van der Waals surface area contributed by atoms with E-state index in [9.17, 15) is 0 Å². The summed E-state index contributed by atoms with van der Waals surface area (Å²) in [5.41, 5.74) is 1.92. The predicted molar refractivity (Wildman–Crippen MR) is 81.1 cm³/mol. The summed E-state index contributed by atoms with van der Waals surface area (Å²) >= 11 is 15.5. The number of halogens is 3. The first kappa shape index (κ1) is 14.1. The topological polar surface area (TPSA) is 48.7 Å². The molecule has 2 aromatic rings. The van der Waals surface area contributed by atoms with Gasteiger partial charge in [0.05, 0.1) is 27.4 Å². The van der Waals surface area contributed by atoms with Crippen LogP contribution >= 0.6 is 39.1 Å². The third-order valence-electron chi connectivity index (χ3n) is 2.38. The molecule has 1 aromatic heterocycles. The van der Waals surface area contributed by atoms with Gasteiger partial charge in [-0.15, -0.1) is 0 Å². The highest BCUT2D eigenvalue weighted by atomic mass is 79.9. The van der Waals surface area contributed by atoms with Crippen LogP contribution in [0.4, 0.5) is 11.5 Å². The summed E-state index contributed by atoms with van der Waals surface area (Å²) in [6, 6.07) is 9.02. The molecular formula is C13H8BrCl2N3. The van der Waals surface area contributed by atoms with Crippen molar-refractivity contribution in [2.45, 2.75) is 6.92 Å². The van der Waals surface area contributed by atoms with E-state index in [0.717, 1.165) is 10.2 Å². The second kappa shape index (κ2) is 5.79. The summed E-state index contributed by atoms with van der Waals surface area (Å²) in [5.74, 6) is 0.553. The molecule has 0 radical (unpaired) electrons. The SMILES string of the molecule is Cc1cc(C#N)cc(Nc2ccc(Br)c(Cl)c2Cl)n1. The number of aromatic nitrogens is 1. The van der Waals surface area contributed by atoms with Crippen molar-refractivity contribution < 1.29 is 0 Å². The molecule has 1 aromatic carbocycles. The second-order valence-electron chi connectivity index (χ2n) is 3.84. The van der Waals surface area contributed by atoms with Gasteiger partial charge < -0.3 is 5.32 Å². The zero-order valence-electron chi connectivity index (χ0n) is 9.84. The summed E-state index contributed by atoms with van der Waals surface area (Å²) in [4.78, 5) is 4.29. The van der Waals surface area contributed by atoms with Gasteiger partial charge in [0, 0.05) is 10.2 Å². The van der Waals surface area contributed by atoms with Crippen LogP contribution in [0.25, 0.3) is 0 Å². The highest BCUT2D eigenvalue weighted by molar-refractivity contribution is 9.10. The lowest BCUT2D eigenvalue weighted by Crippen LogP contribution is -1.97. The first-order valence-corrected chi connectivity index (χ1v) is 6.85. The molecule has 0 unspecified atom stereocenters. The summed E-state index contributed by atoms with van der Waals surface area (Å²) in [6.45, 7) is 1.82. The molecule has 0 fully saturated rings. The molecule has 2 rings (SSSR count). The minimum absolute atomic E-state index is 0.401. The van der Waals surface area contributed by atoms with E-state index in [1.807, 2.05) is 6.92 Å². The van der Waals surface area contributed by atoms with Gasteiger partial charge in [-0.25, -0.2) is 4.98 Å². The van der Waals surface area contributed by atoms with E-state index in [-0.39, 0.29) is 0 Å². The van der Waals surface area contributed by atoms with Crippen LogP contribution in [0.3, 0.4) is 0 Å². The first-order chi connectivity index (χ1) is 9.01. The van der Waals surface area contributed by atoms with Crippen LogP contribution in [0, 0.1) is 18.3 Å². The lowest BCUT2D eigenvalue weighted by atomic mass is 10.2. The van der Waals surface area contributed by atoms with Crippen LogP contribution in [0.15, 0.2) is 28.7 Å². The van der Waals surface area contributed by atoms with E-state index >= 15 is 0 Å². The molecule has 1 N–H and O–H groups in total. The van der Waals surface area contributed by atoms with Crippen molar-refractivity contribution in [3.8, 4) is 6.07 Å². The zero-order chi connectivity index (χ0) is 14.0. The maximum atomic E-state index is 8.93. The van der Waals surface area contributed by atoms with Crippen molar-refractivity contribution in [1.82, 2.24) is 4.98 Å². The molecule has 96 valence electrons. The molecule has 0 aliphatic carbocycles. The number of aryl methyl sites for hydroxylation is 1. The van der Waals surface area contributed by atoms with Crippen LogP contribution in [-0.2, 0) is 0 Å². The first-order valence-electron chi connectivity index (χ1n) is 5.30. The lowest BCUT2D eigenvalue weighted by molar-refractivity contribution is 1.19. The fourth-order valence-electron chi connectivity index (χ4n) is 1.56. The molecular weight excluding hydrogens is 349 g/mol. The summed E-state index contributed by atoms with van der Waals surface area (Å²) in [6.07, 6.45) is 0. The number of nitrogens with zero attached hydrogens (tertiary/aromatic N) is 2. The van der Waals surface area contributed by atoms with Crippen molar-refractivity contribution in [3.05, 3.63) is 50.0 Å². The third-order valence-corrected chi connectivity index (χ3v) is 4.15. The number of nitrogens with one attached hydrogen (secondary N) is 1. The molecule has 3 nitrogen and oxygen atoms in total. The summed E-state index contributed by atoms with van der Waals surface area (Å²) in [7, 11) is 0. The zero-order valence-corrected chi connectivity index (χ0v) is 12.9. The van der Waals surface area contributed by atoms with E-state index < -0.39 is 0 Å². The van der Waals surface area contributed by atoms with Gasteiger partial charge in [0.25, 0.3) is 0 Å². The Labute approximate surface area is 129 Å². The van der Waals surface area contributed by atoms with Gasteiger partial charge >= 0.3 is 0 Å². The molecule has 0 atom stereocenters. The summed E-state index contributed by atoms with van der Waals surface area (Å²) in [5, 5.41) is 12.8. The molecule has 0 spiro atoms. The Bertz CT molecular complexity index is 680. The second-order valence-corrected chi connectivity index (χ2v) is 5.45. The number of anilines is 2. The Kier molecular flexibility index (Phi) is 4.31. The van der Waals surface area contributed by atoms with Gasteiger partial charge in [-0.2, -0.15) is 5.26 Å². The predicted octanol–water partition coefficient (Wildman–Crippen LogP) is 5.07. The van der Waals surface area contributed by atoms with Crippen molar-refractivity contribution in [2.24, 2.45) is 0 Å². The lowest BCUT2D eigenvalue weighted by Gasteiger charge is -2.10. The number of nitriles is 1. The minimum Gasteiger partial charge on any atom is -0.339 e. The third kappa shape index (κ3) is 3.19. The van der Waals surface area contributed by atoms with E-state index in [2.05, 4.69) is 32.3 Å². The highest BCUT2D eigenvalue weighted by Crippen LogP contribution is 2.36. The van der Waals surface area contributed by atoms with Gasteiger partial charge in [-0.3, -0.25) is 0 Å². The van der Waals surface area contributed by atoms with Gasteiger partial charge in [-0.1, -0.05) is 23.2 Å². The number of benzene rings is 1. The minimum atomic E-state index is 0.401.